The Bertz CT molecular complexity index is 525. The van der Waals surface area contributed by atoms with Gasteiger partial charge in [0.25, 0.3) is 0 Å². The van der Waals surface area contributed by atoms with E-state index in [0.29, 0.717) is 12.1 Å². The number of alkyl halides is 3. The number of halogens is 3. The Morgan fingerprint density at radius 2 is 1.77 bits per heavy atom. The van der Waals surface area contributed by atoms with Gasteiger partial charge in [-0.1, -0.05) is 27.7 Å². The third-order valence-corrected chi connectivity index (χ3v) is 2.45. The van der Waals surface area contributed by atoms with E-state index < -0.39 is 23.6 Å². The van der Waals surface area contributed by atoms with E-state index in [1.807, 2.05) is 13.8 Å². The lowest BCUT2D eigenvalue weighted by molar-refractivity contribution is -0.137. The van der Waals surface area contributed by atoms with Crippen molar-refractivity contribution in [2.75, 3.05) is 5.32 Å². The number of carbonyl (C=O) groups is 2. The maximum Gasteiger partial charge on any atom is 0.416 e. The largest absolute Gasteiger partial charge is 0.478 e. The van der Waals surface area contributed by atoms with Crippen LogP contribution in [0.5, 0.6) is 0 Å². The first-order valence-electron chi connectivity index (χ1n) is 6.85. The fourth-order valence-electron chi connectivity index (χ4n) is 1.58. The molecule has 4 nitrogen and oxygen atoms in total. The molecule has 7 heteroatoms. The van der Waals surface area contributed by atoms with Crippen LogP contribution in [-0.2, 0) is 11.0 Å². The fraction of sp³-hybridized carbons (Fsp3) is 0.467. The number of nitrogens with one attached hydrogen (secondary N) is 1. The quantitative estimate of drug-likeness (QED) is 0.863. The first-order chi connectivity index (χ1) is 10.1. The van der Waals surface area contributed by atoms with Crippen LogP contribution in [0, 0.1) is 5.92 Å². The molecule has 0 unspecified atom stereocenters. The summed E-state index contributed by atoms with van der Waals surface area (Å²) in [6, 6.07) is 2.12. The van der Waals surface area contributed by atoms with E-state index in [1.165, 1.54) is 0 Å². The molecule has 0 saturated heterocycles. The van der Waals surface area contributed by atoms with Crippen molar-refractivity contribution in [2.45, 2.75) is 40.3 Å². The summed E-state index contributed by atoms with van der Waals surface area (Å²) in [5.74, 6) is -1.92. The Morgan fingerprint density at radius 3 is 2.18 bits per heavy atom. The second-order valence-electron chi connectivity index (χ2n) is 4.71. The molecule has 0 aromatic heterocycles. The number of carbonyl (C=O) groups excluding carboxylic acids is 1. The molecular formula is C15H20F3NO3. The molecule has 0 aliphatic rings. The number of rotatable bonds is 4. The number of carboxylic acids is 1. The van der Waals surface area contributed by atoms with Crippen LogP contribution >= 0.6 is 0 Å². The average Bonchev–Trinajstić information content (AvgIpc) is 2.38. The molecule has 2 N–H and O–H groups in total. The lowest BCUT2D eigenvalue weighted by Gasteiger charge is -2.13. The predicted molar refractivity (Wildman–Crippen MR) is 77.8 cm³/mol. The number of carboxylic acid groups (broad SMARTS) is 1. The third-order valence-electron chi connectivity index (χ3n) is 2.45. The Morgan fingerprint density at radius 1 is 1.23 bits per heavy atom. The van der Waals surface area contributed by atoms with Gasteiger partial charge in [-0.25, -0.2) is 4.79 Å². The van der Waals surface area contributed by atoms with Crippen molar-refractivity contribution in [1.82, 2.24) is 0 Å². The predicted octanol–water partition coefficient (Wildman–Crippen LogP) is 4.41. The van der Waals surface area contributed by atoms with Crippen LogP contribution in [0.1, 0.15) is 50.0 Å². The second kappa shape index (κ2) is 8.41. The van der Waals surface area contributed by atoms with Crippen LogP contribution in [0.2, 0.25) is 0 Å². The summed E-state index contributed by atoms with van der Waals surface area (Å²) in [5, 5.41) is 11.1. The smallest absolute Gasteiger partial charge is 0.416 e. The SMILES string of the molecule is CC.CC(C)CC(=O)Nc1cc(C(F)(F)F)ccc1C(=O)O. The molecule has 0 heterocycles. The van der Waals surface area contributed by atoms with Gasteiger partial charge < -0.3 is 10.4 Å². The van der Waals surface area contributed by atoms with E-state index in [4.69, 9.17) is 5.11 Å². The van der Waals surface area contributed by atoms with Crippen molar-refractivity contribution in [1.29, 1.82) is 0 Å². The maximum absolute atomic E-state index is 12.6. The molecule has 0 spiro atoms. The Hall–Kier alpha value is -2.05. The van der Waals surface area contributed by atoms with E-state index >= 15 is 0 Å². The van der Waals surface area contributed by atoms with Crippen molar-refractivity contribution < 1.29 is 27.9 Å². The van der Waals surface area contributed by atoms with Crippen molar-refractivity contribution in [3.05, 3.63) is 29.3 Å². The average molecular weight is 319 g/mol. The summed E-state index contributed by atoms with van der Waals surface area (Å²) in [6.45, 7) is 7.54. The number of hydrogen-bond donors (Lipinski definition) is 2. The molecule has 1 aromatic carbocycles. The Kier molecular flexibility index (Phi) is 7.62. The van der Waals surface area contributed by atoms with Crippen molar-refractivity contribution in [2.24, 2.45) is 5.92 Å². The number of benzene rings is 1. The van der Waals surface area contributed by atoms with Crippen molar-refractivity contribution in [3.8, 4) is 0 Å². The number of aromatic carboxylic acids is 1. The van der Waals surface area contributed by atoms with Crippen molar-refractivity contribution in [3.63, 3.8) is 0 Å². The van der Waals surface area contributed by atoms with E-state index in [0.717, 1.165) is 6.07 Å². The molecule has 1 aromatic rings. The Balaban J connectivity index is 0.00000211. The van der Waals surface area contributed by atoms with Gasteiger partial charge in [0.2, 0.25) is 5.91 Å². The summed E-state index contributed by atoms with van der Waals surface area (Å²) in [4.78, 5) is 22.5. The number of hydrogen-bond acceptors (Lipinski definition) is 2. The fourth-order valence-corrected chi connectivity index (χ4v) is 1.58. The molecule has 22 heavy (non-hydrogen) atoms. The molecule has 1 amide bonds. The zero-order valence-corrected chi connectivity index (χ0v) is 12.9. The van der Waals surface area contributed by atoms with E-state index in [1.54, 1.807) is 13.8 Å². The van der Waals surface area contributed by atoms with E-state index in [9.17, 15) is 22.8 Å². The zero-order valence-electron chi connectivity index (χ0n) is 12.9. The normalized spacial score (nSPS) is 10.7. The van der Waals surface area contributed by atoms with Gasteiger partial charge in [-0.05, 0) is 24.1 Å². The highest BCUT2D eigenvalue weighted by atomic mass is 19.4. The summed E-state index contributed by atoms with van der Waals surface area (Å²) in [5.41, 5.74) is -1.74. The van der Waals surface area contributed by atoms with Crippen LogP contribution < -0.4 is 5.32 Å². The molecule has 1 rings (SSSR count). The highest BCUT2D eigenvalue weighted by molar-refractivity contribution is 6.00. The first-order valence-corrected chi connectivity index (χ1v) is 6.85. The first kappa shape index (κ1) is 19.9. The maximum atomic E-state index is 12.6. The minimum atomic E-state index is -4.60. The lowest BCUT2D eigenvalue weighted by atomic mass is 10.1. The molecule has 0 saturated carbocycles. The van der Waals surface area contributed by atoms with Crippen LogP contribution in [0.25, 0.3) is 0 Å². The molecule has 0 aliphatic carbocycles. The lowest BCUT2D eigenvalue weighted by Crippen LogP contribution is -2.17. The molecule has 0 radical (unpaired) electrons. The topological polar surface area (TPSA) is 66.4 Å². The number of amides is 1. The molecular weight excluding hydrogens is 299 g/mol. The molecule has 0 bridgehead atoms. The minimum absolute atomic E-state index is 0.00840. The summed E-state index contributed by atoms with van der Waals surface area (Å²) >= 11 is 0. The van der Waals surface area contributed by atoms with Crippen LogP contribution in [0.15, 0.2) is 18.2 Å². The van der Waals surface area contributed by atoms with Gasteiger partial charge in [0.05, 0.1) is 16.8 Å². The summed E-state index contributed by atoms with van der Waals surface area (Å²) < 4.78 is 37.8. The second-order valence-corrected chi connectivity index (χ2v) is 4.71. The Labute approximate surface area is 127 Å². The van der Waals surface area contributed by atoms with Gasteiger partial charge in [0.15, 0.2) is 0 Å². The van der Waals surface area contributed by atoms with E-state index in [2.05, 4.69) is 5.32 Å². The van der Waals surface area contributed by atoms with Crippen LogP contribution in [0.3, 0.4) is 0 Å². The molecule has 0 fully saturated rings. The standard InChI is InChI=1S/C13H14F3NO3.C2H6/c1-7(2)5-11(18)17-10-6-8(13(14,15)16)3-4-9(10)12(19)20;1-2/h3-4,6-7H,5H2,1-2H3,(H,17,18)(H,19,20);1-2H3. The third kappa shape index (κ3) is 6.15. The van der Waals surface area contributed by atoms with Gasteiger partial charge in [-0.15, -0.1) is 0 Å². The summed E-state index contributed by atoms with van der Waals surface area (Å²) in [7, 11) is 0. The molecule has 0 atom stereocenters. The zero-order chi connectivity index (χ0) is 17.5. The summed E-state index contributed by atoms with van der Waals surface area (Å²) in [6.07, 6.45) is -4.51. The monoisotopic (exact) mass is 319 g/mol. The van der Waals surface area contributed by atoms with Crippen LogP contribution in [0.4, 0.5) is 18.9 Å². The van der Waals surface area contributed by atoms with Gasteiger partial charge in [0.1, 0.15) is 0 Å². The van der Waals surface area contributed by atoms with Crippen molar-refractivity contribution >= 4 is 17.6 Å². The highest BCUT2D eigenvalue weighted by Gasteiger charge is 2.31. The van der Waals surface area contributed by atoms with Gasteiger partial charge in [0, 0.05) is 6.42 Å². The van der Waals surface area contributed by atoms with Gasteiger partial charge in [-0.2, -0.15) is 13.2 Å². The van der Waals surface area contributed by atoms with Crippen LogP contribution in [-0.4, -0.2) is 17.0 Å². The minimum Gasteiger partial charge on any atom is -0.478 e. The van der Waals surface area contributed by atoms with Gasteiger partial charge >= 0.3 is 12.1 Å². The number of anilines is 1. The molecule has 0 aliphatic heterocycles. The van der Waals surface area contributed by atoms with E-state index in [-0.39, 0.29) is 23.6 Å². The van der Waals surface area contributed by atoms with Gasteiger partial charge in [-0.3, -0.25) is 4.79 Å². The molecule has 124 valence electrons. The highest BCUT2D eigenvalue weighted by Crippen LogP contribution is 2.32.